The molecule has 2 fully saturated rings. The molecule has 0 aromatic heterocycles. The zero-order valence-corrected chi connectivity index (χ0v) is 33.5. The van der Waals surface area contributed by atoms with Crippen molar-refractivity contribution >= 4 is 51.5 Å². The number of rotatable bonds is 11. The lowest BCUT2D eigenvalue weighted by atomic mass is 9.93. The molecule has 0 radical (unpaired) electrons. The first-order valence-corrected chi connectivity index (χ1v) is 19.1. The van der Waals surface area contributed by atoms with E-state index in [-0.39, 0.29) is 35.2 Å². The Morgan fingerprint density at radius 3 is 1.52 bits per heavy atom. The Kier molecular flexibility index (Phi) is 18.8. The van der Waals surface area contributed by atoms with Crippen molar-refractivity contribution in [1.29, 1.82) is 0 Å². The van der Waals surface area contributed by atoms with Crippen molar-refractivity contribution in [2.75, 3.05) is 51.3 Å². The van der Waals surface area contributed by atoms with Gasteiger partial charge in [-0.2, -0.15) is 0 Å². The van der Waals surface area contributed by atoms with Gasteiger partial charge in [0, 0.05) is 35.0 Å². The Morgan fingerprint density at radius 1 is 0.654 bits per heavy atom. The molecule has 4 aromatic rings. The van der Waals surface area contributed by atoms with Gasteiger partial charge in [-0.15, -0.1) is 12.4 Å². The third-order valence-electron chi connectivity index (χ3n) is 8.60. The molecule has 2 aliphatic rings. The molecule has 2 aliphatic heterocycles. The van der Waals surface area contributed by atoms with E-state index in [0.717, 1.165) is 74.9 Å². The molecule has 0 aliphatic carbocycles. The molecule has 4 aromatic carbocycles. The van der Waals surface area contributed by atoms with Gasteiger partial charge >= 0.3 is 0 Å². The highest BCUT2D eigenvalue weighted by Crippen LogP contribution is 2.30. The summed E-state index contributed by atoms with van der Waals surface area (Å²) in [5.74, 6) is 1.76. The molecule has 0 amide bonds. The molecule has 12 heteroatoms. The first-order chi connectivity index (χ1) is 24.6. The van der Waals surface area contributed by atoms with Crippen molar-refractivity contribution < 1.29 is 27.7 Å². The van der Waals surface area contributed by atoms with Gasteiger partial charge in [0.1, 0.15) is 29.3 Å². The topological polar surface area (TPSA) is 52.2 Å². The number of ether oxygens (including phenoxy) is 4. The highest BCUT2D eigenvalue weighted by atomic mass is 79.9. The van der Waals surface area contributed by atoms with Crippen molar-refractivity contribution in [3.63, 3.8) is 0 Å². The third-order valence-corrected chi connectivity index (χ3v) is 9.43. The van der Waals surface area contributed by atoms with Crippen LogP contribution >= 0.6 is 51.5 Å². The molecule has 284 valence electrons. The van der Waals surface area contributed by atoms with Gasteiger partial charge in [-0.1, -0.05) is 63.4 Å². The van der Waals surface area contributed by atoms with Gasteiger partial charge in [0.25, 0.3) is 0 Å². The molecular weight excluding hydrogens is 797 g/mol. The number of nitrogens with zero attached hydrogens (tertiary/aromatic N) is 1. The van der Waals surface area contributed by atoms with Gasteiger partial charge in [0.2, 0.25) is 0 Å². The van der Waals surface area contributed by atoms with E-state index in [1.54, 1.807) is 36.4 Å². The number of alkyl halides is 1. The molecule has 6 rings (SSSR count). The molecule has 0 atom stereocenters. The van der Waals surface area contributed by atoms with Crippen LogP contribution in [0.15, 0.2) is 97.1 Å². The number of likely N-dealkylation sites (tertiary alicyclic amines) is 1. The normalized spacial score (nSPS) is 16.1. The Labute approximate surface area is 331 Å². The van der Waals surface area contributed by atoms with Crippen molar-refractivity contribution in [3.05, 3.63) is 119 Å². The fourth-order valence-electron chi connectivity index (χ4n) is 5.54. The summed E-state index contributed by atoms with van der Waals surface area (Å²) in [6.45, 7) is 10.0. The Balaban J connectivity index is 0.000000230. The van der Waals surface area contributed by atoms with Gasteiger partial charge < -0.3 is 24.3 Å². The SMILES string of the molecule is CC1(Oc2ccc(Cl)cc2)CCN(CCOc2ccccc2F)CC1.CC1(Oc2ccc(Cl)cc2)CCNCC1.Cl.Fc1ccccc1OCCBr. The van der Waals surface area contributed by atoms with E-state index >= 15 is 0 Å². The maximum atomic E-state index is 13.5. The summed E-state index contributed by atoms with van der Waals surface area (Å²) in [5.41, 5.74) is -0.199. The first-order valence-electron chi connectivity index (χ1n) is 17.2. The van der Waals surface area contributed by atoms with E-state index in [0.29, 0.717) is 35.1 Å². The Morgan fingerprint density at radius 2 is 1.08 bits per heavy atom. The molecule has 0 bridgehead atoms. The van der Waals surface area contributed by atoms with Crippen molar-refractivity contribution in [2.24, 2.45) is 0 Å². The highest BCUT2D eigenvalue weighted by molar-refractivity contribution is 9.09. The summed E-state index contributed by atoms with van der Waals surface area (Å²) in [6, 6.07) is 27.9. The maximum absolute atomic E-state index is 13.5. The van der Waals surface area contributed by atoms with Crippen LogP contribution in [-0.4, -0.2) is 67.4 Å². The summed E-state index contributed by atoms with van der Waals surface area (Å²) in [5, 5.41) is 5.50. The largest absolute Gasteiger partial charge is 0.490 e. The van der Waals surface area contributed by atoms with Crippen LogP contribution in [0, 0.1) is 11.6 Å². The fraction of sp³-hybridized carbons (Fsp3) is 0.400. The minimum atomic E-state index is -0.315. The quantitative estimate of drug-likeness (QED) is 0.152. The van der Waals surface area contributed by atoms with E-state index in [4.69, 9.17) is 42.1 Å². The summed E-state index contributed by atoms with van der Waals surface area (Å²) < 4.78 is 49.1. The second-order valence-electron chi connectivity index (χ2n) is 12.9. The fourth-order valence-corrected chi connectivity index (χ4v) is 5.95. The van der Waals surface area contributed by atoms with E-state index in [1.165, 1.54) is 12.1 Å². The summed E-state index contributed by atoms with van der Waals surface area (Å²) >= 11 is 14.9. The van der Waals surface area contributed by atoms with Gasteiger partial charge in [-0.3, -0.25) is 4.90 Å². The summed E-state index contributed by atoms with van der Waals surface area (Å²) in [4.78, 5) is 2.33. The molecule has 52 heavy (non-hydrogen) atoms. The lowest BCUT2D eigenvalue weighted by molar-refractivity contribution is 0.0134. The Bertz CT molecular complexity index is 1590. The van der Waals surface area contributed by atoms with Crippen molar-refractivity contribution in [3.8, 4) is 23.0 Å². The molecule has 0 unspecified atom stereocenters. The minimum absolute atomic E-state index is 0. The van der Waals surface area contributed by atoms with Crippen LogP contribution in [0.5, 0.6) is 23.0 Å². The summed E-state index contributed by atoms with van der Waals surface area (Å²) in [6.07, 6.45) is 3.98. The van der Waals surface area contributed by atoms with Crippen LogP contribution in [0.4, 0.5) is 8.78 Å². The average Bonchev–Trinajstić information content (AvgIpc) is 3.12. The number of para-hydroxylation sites is 2. The van der Waals surface area contributed by atoms with Crippen LogP contribution < -0.4 is 24.3 Å². The average molecular weight is 845 g/mol. The smallest absolute Gasteiger partial charge is 0.165 e. The van der Waals surface area contributed by atoms with Crippen LogP contribution in [0.2, 0.25) is 10.0 Å². The third kappa shape index (κ3) is 15.3. The van der Waals surface area contributed by atoms with Crippen LogP contribution in [-0.2, 0) is 0 Å². The standard InChI is InChI=1S/C20H23ClFNO2.C12H16ClNO.C8H8BrFO.ClH/c1-20(25-17-8-6-16(21)7-9-17)10-12-23(13-11-20)14-15-24-19-5-3-2-4-18(19)22;1-12(6-8-14-9-7-12)15-11-4-2-10(13)3-5-11;9-5-6-11-8-4-2-1-3-7(8)10;/h2-9H,10-15H2,1H3;2-5,14H,6-9H2,1H3;1-4H,5-6H2;1H. The monoisotopic (exact) mass is 842 g/mol. The van der Waals surface area contributed by atoms with Crippen molar-refractivity contribution in [1.82, 2.24) is 10.2 Å². The van der Waals surface area contributed by atoms with Crippen LogP contribution in [0.1, 0.15) is 39.5 Å². The number of hydrogen-bond acceptors (Lipinski definition) is 6. The molecule has 6 nitrogen and oxygen atoms in total. The zero-order chi connectivity index (χ0) is 36.5. The van der Waals surface area contributed by atoms with E-state index in [2.05, 4.69) is 40.0 Å². The minimum Gasteiger partial charge on any atom is -0.490 e. The molecule has 0 spiro atoms. The van der Waals surface area contributed by atoms with Gasteiger partial charge in [-0.25, -0.2) is 8.78 Å². The second-order valence-corrected chi connectivity index (χ2v) is 14.5. The maximum Gasteiger partial charge on any atom is 0.165 e. The lowest BCUT2D eigenvalue weighted by Gasteiger charge is -2.39. The van der Waals surface area contributed by atoms with Gasteiger partial charge in [-0.05, 0) is 125 Å². The second kappa shape index (κ2) is 22.4. The molecule has 2 heterocycles. The molecule has 2 saturated heterocycles. The molecule has 1 N–H and O–H groups in total. The number of piperidine rings is 2. The highest BCUT2D eigenvalue weighted by Gasteiger charge is 2.32. The van der Waals surface area contributed by atoms with E-state index in [1.807, 2.05) is 48.5 Å². The molecule has 0 saturated carbocycles. The van der Waals surface area contributed by atoms with Crippen molar-refractivity contribution in [2.45, 2.75) is 50.7 Å². The van der Waals surface area contributed by atoms with Gasteiger partial charge in [0.05, 0.1) is 6.61 Å². The van der Waals surface area contributed by atoms with E-state index < -0.39 is 0 Å². The van der Waals surface area contributed by atoms with Gasteiger partial charge in [0.15, 0.2) is 23.1 Å². The Hall–Kier alpha value is -2.79. The van der Waals surface area contributed by atoms with Crippen LogP contribution in [0.25, 0.3) is 0 Å². The number of hydrogen-bond donors (Lipinski definition) is 1. The first kappa shape index (κ1) is 43.6. The lowest BCUT2D eigenvalue weighted by Crippen LogP contribution is -2.47. The predicted molar refractivity (Wildman–Crippen MR) is 214 cm³/mol. The number of benzene rings is 4. The number of nitrogens with one attached hydrogen (secondary N) is 1. The van der Waals surface area contributed by atoms with Crippen LogP contribution in [0.3, 0.4) is 0 Å². The van der Waals surface area contributed by atoms with E-state index in [9.17, 15) is 8.78 Å². The predicted octanol–water partition coefficient (Wildman–Crippen LogP) is 10.7. The zero-order valence-electron chi connectivity index (χ0n) is 29.6. The summed E-state index contributed by atoms with van der Waals surface area (Å²) in [7, 11) is 0. The molecular formula is C40H48BrCl3F2N2O4. The number of halogens is 6.